The van der Waals surface area contributed by atoms with Crippen LogP contribution in [-0.4, -0.2) is 117 Å². The summed E-state index contributed by atoms with van der Waals surface area (Å²) in [4.78, 5) is 44.4. The monoisotopic (exact) mass is 1120 g/mol. The number of nitrogens with zero attached hydrogens (tertiary/aromatic N) is 1. The molecule has 6 aromatic carbocycles. The third-order valence-corrected chi connectivity index (χ3v) is 15.4. The number of rotatable bonds is 20. The van der Waals surface area contributed by atoms with Gasteiger partial charge >= 0.3 is 5.97 Å². The Balaban J connectivity index is 1.10. The van der Waals surface area contributed by atoms with Gasteiger partial charge in [0.15, 0.2) is 18.7 Å². The Hall–Kier alpha value is -6.06. The summed E-state index contributed by atoms with van der Waals surface area (Å²) in [5, 5.41) is -0.0202. The third kappa shape index (κ3) is 12.2. The molecular weight excluding hydrogens is 1070 g/mol. The summed E-state index contributed by atoms with van der Waals surface area (Å²) in [5.74, 6) is -0.634. The van der Waals surface area contributed by atoms with Gasteiger partial charge in [0.25, 0.3) is 11.8 Å². The number of benzene rings is 6. The Kier molecular flexibility index (Phi) is 18.0. The molecule has 0 aromatic heterocycles. The highest BCUT2D eigenvalue weighted by Crippen LogP contribution is 2.44. The average Bonchev–Trinajstić information content (AvgIpc) is 3.75. The molecule has 408 valence electrons. The highest BCUT2D eigenvalue weighted by Gasteiger charge is 2.58. The predicted octanol–water partition coefficient (Wildman–Crippen LogP) is 10.2. The van der Waals surface area contributed by atoms with Crippen molar-refractivity contribution in [3.8, 4) is 17.2 Å². The van der Waals surface area contributed by atoms with Crippen LogP contribution in [0.2, 0.25) is 10.0 Å². The summed E-state index contributed by atoms with van der Waals surface area (Å²) in [5.41, 5.74) is 2.03. The molecule has 4 aliphatic heterocycles. The lowest BCUT2D eigenvalue weighted by atomic mass is 9.94. The van der Waals surface area contributed by atoms with Crippen LogP contribution in [0, 0.1) is 0 Å². The molecule has 4 heterocycles. The van der Waals surface area contributed by atoms with E-state index in [2.05, 4.69) is 0 Å². The van der Waals surface area contributed by atoms with Crippen LogP contribution in [0.1, 0.15) is 62.5 Å². The number of imide groups is 1. The highest BCUT2D eigenvalue weighted by molar-refractivity contribution is 7.99. The van der Waals surface area contributed by atoms with Gasteiger partial charge in [-0.1, -0.05) is 126 Å². The van der Waals surface area contributed by atoms with E-state index in [1.165, 1.54) is 30.8 Å². The second-order valence-electron chi connectivity index (χ2n) is 18.7. The first-order valence-electron chi connectivity index (χ1n) is 25.2. The minimum absolute atomic E-state index is 0.0182. The molecule has 12 atom stereocenters. The van der Waals surface area contributed by atoms with E-state index in [1.54, 1.807) is 62.8 Å². The van der Waals surface area contributed by atoms with Gasteiger partial charge in [0.2, 0.25) is 6.29 Å². The molecule has 0 bridgehead atoms. The summed E-state index contributed by atoms with van der Waals surface area (Å²) in [6.07, 6.45) is -9.12. The van der Waals surface area contributed by atoms with Gasteiger partial charge in [0, 0.05) is 18.1 Å². The number of hydrogen-bond donors (Lipinski definition) is 0. The molecule has 78 heavy (non-hydrogen) atoms. The number of amides is 2. The van der Waals surface area contributed by atoms with E-state index < -0.39 is 90.9 Å². The average molecular weight is 1120 g/mol. The molecule has 0 saturated carbocycles. The van der Waals surface area contributed by atoms with Crippen LogP contribution < -0.4 is 14.2 Å². The molecule has 0 spiro atoms. The minimum Gasteiger partial charge on any atom is -0.497 e. The number of esters is 1. The maximum Gasteiger partial charge on any atom is 0.303 e. The van der Waals surface area contributed by atoms with Crippen molar-refractivity contribution >= 4 is 52.7 Å². The third-order valence-electron chi connectivity index (χ3n) is 13.7. The lowest BCUT2D eigenvalue weighted by molar-refractivity contribution is -0.349. The second-order valence-corrected chi connectivity index (χ2v) is 20.4. The van der Waals surface area contributed by atoms with Gasteiger partial charge in [-0.25, -0.2) is 0 Å². The summed E-state index contributed by atoms with van der Waals surface area (Å²) in [6, 6.07) is 43.7. The van der Waals surface area contributed by atoms with Crippen molar-refractivity contribution in [2.24, 2.45) is 0 Å². The fourth-order valence-electron chi connectivity index (χ4n) is 9.94. The van der Waals surface area contributed by atoms with Crippen molar-refractivity contribution in [3.05, 3.63) is 195 Å². The van der Waals surface area contributed by atoms with E-state index in [9.17, 15) is 4.79 Å². The summed E-state index contributed by atoms with van der Waals surface area (Å²) in [6.45, 7) is 1.45. The van der Waals surface area contributed by atoms with Crippen LogP contribution in [0.15, 0.2) is 152 Å². The molecule has 3 saturated heterocycles. The van der Waals surface area contributed by atoms with Crippen molar-refractivity contribution < 1.29 is 71.2 Å². The molecule has 16 nitrogen and oxygen atoms in total. The Morgan fingerprint density at radius 2 is 1.31 bits per heavy atom. The molecule has 19 heteroatoms. The van der Waals surface area contributed by atoms with Gasteiger partial charge in [-0.2, -0.15) is 0 Å². The zero-order chi connectivity index (χ0) is 54.3. The largest absolute Gasteiger partial charge is 0.497 e. The quantitative estimate of drug-likeness (QED) is 0.0402. The van der Waals surface area contributed by atoms with E-state index in [0.29, 0.717) is 22.8 Å². The van der Waals surface area contributed by atoms with Gasteiger partial charge in [-0.05, 0) is 65.9 Å². The Morgan fingerprint density at radius 1 is 0.692 bits per heavy atom. The van der Waals surface area contributed by atoms with Gasteiger partial charge in [0.1, 0.15) is 65.4 Å². The van der Waals surface area contributed by atoms with Crippen LogP contribution >= 0.6 is 35.0 Å². The number of methoxy groups -OCH3 is 2. The first-order chi connectivity index (χ1) is 38.0. The summed E-state index contributed by atoms with van der Waals surface area (Å²) < 4.78 is 78.8. The number of carbonyl (C=O) groups excluding carboxylic acids is 3. The molecule has 2 amide bonds. The molecular formula is C59H57Cl2NO15S. The van der Waals surface area contributed by atoms with E-state index in [0.717, 1.165) is 21.6 Å². The number of hydrogen-bond acceptors (Lipinski definition) is 16. The van der Waals surface area contributed by atoms with Gasteiger partial charge in [-0.3, -0.25) is 19.3 Å². The number of fused-ring (bicyclic) bond motifs is 2. The standard InChI is InChI=1S/C59H57Cl2NO15S/c1-34(63)71-52-50-45(33-70-56(75-50)37-18-12-7-13-19-37)74-59(78-4)53(52)77-57(38-20-22-39(66-2)23-21-38)76-49-44(32-68-30-35-14-8-5-9-15-35)73-58(72-41-26-24-40(67-3)25-27-41)48(51(49)69-31-36-16-10-6-11-17-36)62-54(64)42-28-29-43(60)47(61)46(42)55(62)65/h5-29,44-45,48-53,56-59H,30-33H2,1-4H3/t44-,45-,48-,49-,50-,51-,52+,53+,56?,57?,58-,59-/m1/s1. The Bertz CT molecular complexity index is 2980. The van der Waals surface area contributed by atoms with Gasteiger partial charge in [0.05, 0.1) is 61.8 Å². The van der Waals surface area contributed by atoms with Crippen LogP contribution in [0.4, 0.5) is 0 Å². The lowest BCUT2D eigenvalue weighted by Crippen LogP contribution is -2.68. The van der Waals surface area contributed by atoms with Gasteiger partial charge in [-0.15, -0.1) is 11.8 Å². The van der Waals surface area contributed by atoms with Crippen molar-refractivity contribution in [3.63, 3.8) is 0 Å². The fraction of sp³-hybridized carbons (Fsp3) is 0.339. The van der Waals surface area contributed by atoms with Gasteiger partial charge < -0.3 is 56.8 Å². The van der Waals surface area contributed by atoms with Crippen molar-refractivity contribution in [1.29, 1.82) is 0 Å². The molecule has 2 unspecified atom stereocenters. The molecule has 3 fully saturated rings. The van der Waals surface area contributed by atoms with Crippen molar-refractivity contribution in [2.45, 2.75) is 93.2 Å². The first-order valence-corrected chi connectivity index (χ1v) is 27.3. The summed E-state index contributed by atoms with van der Waals surface area (Å²) >= 11 is 14.6. The summed E-state index contributed by atoms with van der Waals surface area (Å²) in [7, 11) is 3.10. The zero-order valence-corrected chi connectivity index (χ0v) is 45.3. The van der Waals surface area contributed by atoms with Crippen LogP contribution in [-0.2, 0) is 60.6 Å². The normalized spacial score (nSPS) is 26.1. The van der Waals surface area contributed by atoms with Crippen molar-refractivity contribution in [1.82, 2.24) is 4.90 Å². The van der Waals surface area contributed by atoms with Crippen LogP contribution in [0.5, 0.6) is 17.2 Å². The highest BCUT2D eigenvalue weighted by atomic mass is 35.5. The first kappa shape index (κ1) is 55.3. The van der Waals surface area contributed by atoms with Crippen molar-refractivity contribution in [2.75, 3.05) is 33.7 Å². The molecule has 4 aliphatic rings. The SMILES string of the molecule is COc1ccc(O[C@@H]2O[C@H](COCc3ccccc3)[C@@H](OC(O[C@H]3[C@@H](OC(C)=O)[C@@H]4OC(c5ccccc5)OC[C@H]4O[C@@H]3SC)c3ccc(OC)cc3)[C@H](OCc3ccccc3)[C@H]2N2C(=O)c3ccc(Cl)c(Cl)c3C2=O)cc1. The van der Waals surface area contributed by atoms with E-state index in [4.69, 9.17) is 80.0 Å². The number of thioether (sulfide) groups is 1. The fourth-order valence-corrected chi connectivity index (χ4v) is 11.1. The topological polar surface area (TPSA) is 165 Å². The maximum absolute atomic E-state index is 15.1. The maximum atomic E-state index is 15.1. The van der Waals surface area contributed by atoms with E-state index >= 15 is 9.59 Å². The second kappa shape index (κ2) is 25.4. The van der Waals surface area contributed by atoms with E-state index in [1.807, 2.05) is 97.3 Å². The molecule has 0 aliphatic carbocycles. The lowest BCUT2D eigenvalue weighted by Gasteiger charge is -2.50. The number of carbonyl (C=O) groups is 3. The number of ether oxygens (including phenoxy) is 12. The molecule has 0 radical (unpaired) electrons. The van der Waals surface area contributed by atoms with Crippen LogP contribution in [0.3, 0.4) is 0 Å². The molecule has 0 N–H and O–H groups in total. The van der Waals surface area contributed by atoms with Crippen LogP contribution in [0.25, 0.3) is 0 Å². The number of halogens is 2. The zero-order valence-electron chi connectivity index (χ0n) is 42.9. The van der Waals surface area contributed by atoms with E-state index in [-0.39, 0.29) is 47.6 Å². The molecule has 10 rings (SSSR count). The Morgan fingerprint density at radius 3 is 1.95 bits per heavy atom. The predicted molar refractivity (Wildman–Crippen MR) is 287 cm³/mol. The Labute approximate surface area is 465 Å². The minimum atomic E-state index is -1.44. The molecule has 6 aromatic rings. The smallest absolute Gasteiger partial charge is 0.303 e.